The van der Waals surface area contributed by atoms with Crippen molar-refractivity contribution in [2.24, 2.45) is 0 Å². The van der Waals surface area contributed by atoms with Gasteiger partial charge in [-0.3, -0.25) is 9.78 Å². The molecule has 156 valence electrons. The largest absolute Gasteiger partial charge is 0.352 e. The molecule has 0 unspecified atom stereocenters. The van der Waals surface area contributed by atoms with Gasteiger partial charge in [0.15, 0.2) is 11.6 Å². The lowest BCUT2D eigenvalue weighted by atomic mass is 10.1. The highest BCUT2D eigenvalue weighted by Gasteiger charge is 2.24. The lowest BCUT2D eigenvalue weighted by Gasteiger charge is -2.36. The average molecular weight is 409 g/mol. The van der Waals surface area contributed by atoms with Crippen molar-refractivity contribution in [2.75, 3.05) is 36.0 Å². The summed E-state index contributed by atoms with van der Waals surface area (Å²) in [4.78, 5) is 28.7. The third-order valence-electron chi connectivity index (χ3n) is 5.14. The molecule has 0 radical (unpaired) electrons. The van der Waals surface area contributed by atoms with Gasteiger partial charge in [-0.05, 0) is 24.1 Å². The predicted octanol–water partition coefficient (Wildman–Crippen LogP) is 2.07. The molecule has 0 aromatic carbocycles. The summed E-state index contributed by atoms with van der Waals surface area (Å²) in [7, 11) is 0. The molecule has 0 bridgehead atoms. The normalized spacial score (nSPS) is 14.4. The second-order valence-electron chi connectivity index (χ2n) is 7.53. The number of hydrogen-bond donors (Lipinski definition) is 0. The Morgan fingerprint density at radius 1 is 1.00 bits per heavy atom. The van der Waals surface area contributed by atoms with Gasteiger partial charge in [0.2, 0.25) is 0 Å². The first-order valence-electron chi connectivity index (χ1n) is 10.0. The molecule has 30 heavy (non-hydrogen) atoms. The minimum absolute atomic E-state index is 0.00241. The van der Waals surface area contributed by atoms with Gasteiger partial charge in [-0.25, -0.2) is 19.0 Å². The molecule has 0 spiro atoms. The molecule has 1 saturated heterocycles. The molecule has 0 N–H and O–H groups in total. The molecule has 0 amide bonds. The van der Waals surface area contributed by atoms with Crippen molar-refractivity contribution in [3.8, 4) is 0 Å². The molecule has 1 fully saturated rings. The summed E-state index contributed by atoms with van der Waals surface area (Å²) in [6.07, 6.45) is 3.12. The molecular weight excluding hydrogens is 385 g/mol. The number of aromatic nitrogens is 5. The zero-order valence-electron chi connectivity index (χ0n) is 17.1. The lowest BCUT2D eigenvalue weighted by Crippen LogP contribution is -2.48. The van der Waals surface area contributed by atoms with Crippen molar-refractivity contribution >= 4 is 11.6 Å². The van der Waals surface area contributed by atoms with Crippen LogP contribution in [0.2, 0.25) is 0 Å². The molecule has 3 aromatic rings. The minimum atomic E-state index is -0.344. The summed E-state index contributed by atoms with van der Waals surface area (Å²) >= 11 is 0. The number of pyridine rings is 1. The monoisotopic (exact) mass is 409 g/mol. The van der Waals surface area contributed by atoms with Gasteiger partial charge in [-0.2, -0.15) is 5.10 Å². The van der Waals surface area contributed by atoms with Crippen LogP contribution in [0.4, 0.5) is 16.0 Å². The predicted molar refractivity (Wildman–Crippen MR) is 112 cm³/mol. The maximum atomic E-state index is 14.8. The van der Waals surface area contributed by atoms with E-state index in [2.05, 4.69) is 25.0 Å². The van der Waals surface area contributed by atoms with Crippen molar-refractivity contribution in [1.29, 1.82) is 0 Å². The summed E-state index contributed by atoms with van der Waals surface area (Å²) in [6, 6.07) is 8.83. The van der Waals surface area contributed by atoms with Crippen molar-refractivity contribution in [1.82, 2.24) is 24.7 Å². The van der Waals surface area contributed by atoms with Crippen LogP contribution in [0.5, 0.6) is 0 Å². The van der Waals surface area contributed by atoms with E-state index in [4.69, 9.17) is 0 Å². The van der Waals surface area contributed by atoms with Crippen molar-refractivity contribution in [3.63, 3.8) is 0 Å². The van der Waals surface area contributed by atoms with Crippen LogP contribution in [-0.4, -0.2) is 50.9 Å². The molecule has 4 heterocycles. The summed E-state index contributed by atoms with van der Waals surface area (Å²) in [6.45, 7) is 6.65. The van der Waals surface area contributed by atoms with Crippen molar-refractivity contribution in [2.45, 2.75) is 26.3 Å². The molecule has 1 aliphatic heterocycles. The van der Waals surface area contributed by atoms with Crippen LogP contribution < -0.4 is 15.4 Å². The van der Waals surface area contributed by atoms with Crippen LogP contribution >= 0.6 is 0 Å². The Bertz CT molecular complexity index is 1060. The van der Waals surface area contributed by atoms with Crippen LogP contribution in [0.3, 0.4) is 0 Å². The number of hydrogen-bond acceptors (Lipinski definition) is 7. The van der Waals surface area contributed by atoms with Gasteiger partial charge in [-0.1, -0.05) is 19.9 Å². The van der Waals surface area contributed by atoms with Crippen molar-refractivity contribution < 1.29 is 4.39 Å². The standard InChI is InChI=1S/C21H24FN7O/c1-15(2)20-19(22)21(25-14-24-20)28-11-9-27(10-12-28)17-6-7-18(30)29(26-17)13-16-5-3-4-8-23-16/h3-8,14-15H,9-13H2,1-2H3. The molecular formula is C21H24FN7O. The van der Waals surface area contributed by atoms with Gasteiger partial charge in [0, 0.05) is 38.4 Å². The van der Waals surface area contributed by atoms with Crippen LogP contribution in [0, 0.1) is 5.82 Å². The van der Waals surface area contributed by atoms with E-state index in [-0.39, 0.29) is 17.3 Å². The summed E-state index contributed by atoms with van der Waals surface area (Å²) < 4.78 is 16.2. The molecule has 0 atom stereocenters. The van der Waals surface area contributed by atoms with Gasteiger partial charge < -0.3 is 9.80 Å². The molecule has 1 aliphatic rings. The number of rotatable bonds is 5. The lowest BCUT2D eigenvalue weighted by molar-refractivity contribution is 0.552. The van der Waals surface area contributed by atoms with Crippen LogP contribution in [0.25, 0.3) is 0 Å². The fourth-order valence-electron chi connectivity index (χ4n) is 3.51. The Morgan fingerprint density at radius 2 is 1.77 bits per heavy atom. The first kappa shape index (κ1) is 19.9. The summed E-state index contributed by atoms with van der Waals surface area (Å²) in [5.41, 5.74) is 1.03. The van der Waals surface area contributed by atoms with E-state index in [1.807, 2.05) is 36.9 Å². The number of anilines is 2. The van der Waals surface area contributed by atoms with Gasteiger partial charge >= 0.3 is 0 Å². The molecule has 3 aromatic heterocycles. The molecule has 4 rings (SSSR count). The fraction of sp³-hybridized carbons (Fsp3) is 0.381. The second-order valence-corrected chi connectivity index (χ2v) is 7.53. The quantitative estimate of drug-likeness (QED) is 0.638. The van der Waals surface area contributed by atoms with E-state index in [0.29, 0.717) is 44.2 Å². The Balaban J connectivity index is 1.48. The van der Waals surface area contributed by atoms with Crippen LogP contribution in [0.15, 0.2) is 47.7 Å². The first-order valence-corrected chi connectivity index (χ1v) is 10.0. The molecule has 0 saturated carbocycles. The van der Waals surface area contributed by atoms with Gasteiger partial charge in [0.1, 0.15) is 12.1 Å². The highest BCUT2D eigenvalue weighted by molar-refractivity contribution is 5.46. The van der Waals surface area contributed by atoms with Crippen LogP contribution in [-0.2, 0) is 6.54 Å². The third kappa shape index (κ3) is 4.14. The first-order chi connectivity index (χ1) is 14.5. The summed E-state index contributed by atoms with van der Waals surface area (Å²) in [5.74, 6) is 0.720. The smallest absolute Gasteiger partial charge is 0.267 e. The highest BCUT2D eigenvalue weighted by atomic mass is 19.1. The highest BCUT2D eigenvalue weighted by Crippen LogP contribution is 2.24. The van der Waals surface area contributed by atoms with E-state index in [1.54, 1.807) is 12.3 Å². The zero-order valence-corrected chi connectivity index (χ0v) is 17.1. The number of nitrogens with zero attached hydrogens (tertiary/aromatic N) is 7. The third-order valence-corrected chi connectivity index (χ3v) is 5.14. The van der Waals surface area contributed by atoms with Crippen molar-refractivity contribution in [3.05, 3.63) is 70.4 Å². The molecule has 9 heteroatoms. The van der Waals surface area contributed by atoms with Gasteiger partial charge in [0.05, 0.1) is 17.9 Å². The second kappa shape index (κ2) is 8.56. The van der Waals surface area contributed by atoms with Crippen LogP contribution in [0.1, 0.15) is 31.2 Å². The van der Waals surface area contributed by atoms with E-state index < -0.39 is 0 Å². The topological polar surface area (TPSA) is 80.0 Å². The summed E-state index contributed by atoms with van der Waals surface area (Å²) in [5, 5.41) is 4.52. The number of piperazine rings is 1. The minimum Gasteiger partial charge on any atom is -0.352 e. The van der Waals surface area contributed by atoms with E-state index in [0.717, 1.165) is 11.5 Å². The van der Waals surface area contributed by atoms with E-state index >= 15 is 0 Å². The van der Waals surface area contributed by atoms with Gasteiger partial charge in [-0.15, -0.1) is 0 Å². The molecule has 8 nitrogen and oxygen atoms in total. The Hall–Kier alpha value is -3.36. The zero-order chi connectivity index (χ0) is 21.1. The van der Waals surface area contributed by atoms with Gasteiger partial charge in [0.25, 0.3) is 5.56 Å². The molecule has 0 aliphatic carbocycles. The Kier molecular flexibility index (Phi) is 5.69. The number of halogens is 1. The maximum Gasteiger partial charge on any atom is 0.267 e. The van der Waals surface area contributed by atoms with E-state index in [1.165, 1.54) is 17.1 Å². The van der Waals surface area contributed by atoms with E-state index in [9.17, 15) is 9.18 Å². The maximum absolute atomic E-state index is 14.8. The SMILES string of the molecule is CC(C)c1ncnc(N2CCN(c3ccc(=O)n(Cc4ccccn4)n3)CC2)c1F. The Morgan fingerprint density at radius 3 is 2.47 bits per heavy atom. The average Bonchev–Trinajstić information content (AvgIpc) is 2.76. The fourth-order valence-corrected chi connectivity index (χ4v) is 3.51. The Labute approximate surface area is 174 Å².